The Morgan fingerprint density at radius 3 is 2.37 bits per heavy atom. The van der Waals surface area contributed by atoms with Crippen LogP contribution in [0.3, 0.4) is 0 Å². The largest absolute Gasteiger partial charge is 0.459 e. The van der Waals surface area contributed by atoms with Crippen molar-refractivity contribution in [1.29, 1.82) is 0 Å². The van der Waals surface area contributed by atoms with E-state index in [1.807, 2.05) is 0 Å². The number of carbonyl (C=O) groups is 2. The van der Waals surface area contributed by atoms with Crippen molar-refractivity contribution in [2.75, 3.05) is 13.2 Å². The molecule has 5 heteroatoms. The molecule has 104 valence electrons. The first kappa shape index (κ1) is 17.2. The van der Waals surface area contributed by atoms with E-state index in [0.29, 0.717) is 11.1 Å². The summed E-state index contributed by atoms with van der Waals surface area (Å²) in [5.41, 5.74) is 2.40. The Balaban J connectivity index is 4.48. The van der Waals surface area contributed by atoms with Crippen LogP contribution >= 0.6 is 11.6 Å². The first-order valence-electron chi connectivity index (χ1n) is 5.63. The van der Waals surface area contributed by atoms with E-state index < -0.39 is 11.9 Å². The molecule has 0 saturated carbocycles. The zero-order valence-corrected chi connectivity index (χ0v) is 11.8. The lowest BCUT2D eigenvalue weighted by Crippen LogP contribution is -2.14. The number of esters is 2. The van der Waals surface area contributed by atoms with Crippen molar-refractivity contribution in [3.63, 3.8) is 0 Å². The van der Waals surface area contributed by atoms with Crippen molar-refractivity contribution in [2.45, 2.75) is 13.8 Å². The SMILES string of the molecule is C=CC(=O)OCCOC(=O)C(/C=C/C)=C(C)/C=C/Cl. The van der Waals surface area contributed by atoms with Crippen LogP contribution in [0.4, 0.5) is 0 Å². The van der Waals surface area contributed by atoms with Gasteiger partial charge in [0.25, 0.3) is 0 Å². The summed E-state index contributed by atoms with van der Waals surface area (Å²) in [6.45, 7) is 6.76. The Hall–Kier alpha value is -1.81. The molecule has 0 amide bonds. The van der Waals surface area contributed by atoms with Gasteiger partial charge in [0, 0.05) is 11.6 Å². The fourth-order valence-corrected chi connectivity index (χ4v) is 1.31. The highest BCUT2D eigenvalue weighted by molar-refractivity contribution is 6.25. The molecule has 0 fully saturated rings. The summed E-state index contributed by atoms with van der Waals surface area (Å²) < 4.78 is 9.67. The zero-order valence-electron chi connectivity index (χ0n) is 11.0. The maximum atomic E-state index is 11.8. The minimum atomic E-state index is -0.554. The van der Waals surface area contributed by atoms with Gasteiger partial charge in [0.1, 0.15) is 13.2 Å². The van der Waals surface area contributed by atoms with Crippen LogP contribution in [0.25, 0.3) is 0 Å². The number of hydrogen-bond donors (Lipinski definition) is 0. The zero-order chi connectivity index (χ0) is 14.7. The van der Waals surface area contributed by atoms with E-state index in [-0.39, 0.29) is 13.2 Å². The quantitative estimate of drug-likeness (QED) is 0.312. The number of rotatable bonds is 7. The van der Waals surface area contributed by atoms with Gasteiger partial charge in [0.15, 0.2) is 0 Å². The fraction of sp³-hybridized carbons (Fsp3) is 0.286. The van der Waals surface area contributed by atoms with Crippen LogP contribution in [0, 0.1) is 0 Å². The summed E-state index contributed by atoms with van der Waals surface area (Å²) in [6, 6.07) is 0. The molecule has 0 aromatic rings. The second-order valence-electron chi connectivity index (χ2n) is 3.40. The van der Waals surface area contributed by atoms with Crippen molar-refractivity contribution in [1.82, 2.24) is 0 Å². The van der Waals surface area contributed by atoms with E-state index >= 15 is 0 Å². The van der Waals surface area contributed by atoms with Crippen molar-refractivity contribution in [3.05, 3.63) is 47.6 Å². The lowest BCUT2D eigenvalue weighted by atomic mass is 10.1. The van der Waals surface area contributed by atoms with Crippen LogP contribution in [0.15, 0.2) is 47.6 Å². The van der Waals surface area contributed by atoms with Crippen molar-refractivity contribution < 1.29 is 19.1 Å². The van der Waals surface area contributed by atoms with Crippen LogP contribution in [0.5, 0.6) is 0 Å². The van der Waals surface area contributed by atoms with Crippen LogP contribution in [0.1, 0.15) is 13.8 Å². The van der Waals surface area contributed by atoms with Crippen LogP contribution in [-0.2, 0) is 19.1 Å². The van der Waals surface area contributed by atoms with Crippen LogP contribution in [0.2, 0.25) is 0 Å². The molecule has 0 aromatic carbocycles. The summed E-state index contributed by atoms with van der Waals surface area (Å²) >= 11 is 5.47. The minimum absolute atomic E-state index is 0.00982. The highest BCUT2D eigenvalue weighted by Crippen LogP contribution is 2.10. The smallest absolute Gasteiger partial charge is 0.338 e. The molecule has 0 rings (SSSR count). The topological polar surface area (TPSA) is 52.6 Å². The molecule has 0 aromatic heterocycles. The van der Waals surface area contributed by atoms with E-state index in [4.69, 9.17) is 16.3 Å². The monoisotopic (exact) mass is 284 g/mol. The van der Waals surface area contributed by atoms with Gasteiger partial charge in [-0.25, -0.2) is 9.59 Å². The minimum Gasteiger partial charge on any atom is -0.459 e. The molecule has 19 heavy (non-hydrogen) atoms. The van der Waals surface area contributed by atoms with Gasteiger partial charge in [-0.1, -0.05) is 30.3 Å². The maximum Gasteiger partial charge on any atom is 0.338 e. The lowest BCUT2D eigenvalue weighted by molar-refractivity contribution is -0.146. The van der Waals surface area contributed by atoms with Gasteiger partial charge in [-0.15, -0.1) is 0 Å². The molecule has 0 saturated heterocycles. The molecule has 0 aliphatic heterocycles. The standard InChI is InChI=1S/C14H17ClO4/c1-4-6-12(11(3)7-8-15)14(17)19-10-9-18-13(16)5-2/h4-8H,2,9-10H2,1,3H3/b6-4+,8-7+,12-11+. The summed E-state index contributed by atoms with van der Waals surface area (Å²) in [5, 5.41) is 0. The second kappa shape index (κ2) is 10.1. The van der Waals surface area contributed by atoms with Gasteiger partial charge < -0.3 is 9.47 Å². The Morgan fingerprint density at radius 2 is 1.84 bits per heavy atom. The third-order valence-electron chi connectivity index (χ3n) is 2.02. The molecule has 0 aliphatic rings. The van der Waals surface area contributed by atoms with Gasteiger partial charge in [0.2, 0.25) is 0 Å². The second-order valence-corrected chi connectivity index (χ2v) is 3.65. The normalized spacial score (nSPS) is 12.4. The number of allylic oxidation sites excluding steroid dienone is 3. The Labute approximate surface area is 118 Å². The third kappa shape index (κ3) is 7.26. The van der Waals surface area contributed by atoms with Crippen LogP contribution in [-0.4, -0.2) is 25.2 Å². The molecule has 0 N–H and O–H groups in total. The molecule has 0 spiro atoms. The highest BCUT2D eigenvalue weighted by Gasteiger charge is 2.10. The average Bonchev–Trinajstić information content (AvgIpc) is 2.40. The molecule has 0 unspecified atom stereocenters. The molecule has 4 nitrogen and oxygen atoms in total. The summed E-state index contributed by atoms with van der Waals surface area (Å²) in [7, 11) is 0. The van der Waals surface area contributed by atoms with E-state index in [9.17, 15) is 9.59 Å². The molecule has 0 aliphatic carbocycles. The maximum absolute atomic E-state index is 11.8. The molecular weight excluding hydrogens is 268 g/mol. The Kier molecular flexibility index (Phi) is 9.18. The van der Waals surface area contributed by atoms with Crippen LogP contribution < -0.4 is 0 Å². The van der Waals surface area contributed by atoms with E-state index in [2.05, 4.69) is 11.3 Å². The average molecular weight is 285 g/mol. The summed E-state index contributed by atoms with van der Waals surface area (Å²) in [5.74, 6) is -1.05. The molecular formula is C14H17ClO4. The van der Waals surface area contributed by atoms with Gasteiger partial charge in [-0.2, -0.15) is 0 Å². The van der Waals surface area contributed by atoms with Gasteiger partial charge >= 0.3 is 11.9 Å². The molecule has 0 bridgehead atoms. The van der Waals surface area contributed by atoms with Gasteiger partial charge in [-0.05, 0) is 25.5 Å². The Morgan fingerprint density at radius 1 is 1.21 bits per heavy atom. The molecule has 0 heterocycles. The van der Waals surface area contributed by atoms with Gasteiger partial charge in [0.05, 0.1) is 5.57 Å². The van der Waals surface area contributed by atoms with E-state index in [0.717, 1.165) is 6.08 Å². The molecule has 0 radical (unpaired) electrons. The Bertz CT molecular complexity index is 419. The third-order valence-corrected chi connectivity index (χ3v) is 2.14. The van der Waals surface area contributed by atoms with E-state index in [1.165, 1.54) is 5.54 Å². The first-order valence-corrected chi connectivity index (χ1v) is 6.07. The van der Waals surface area contributed by atoms with E-state index in [1.54, 1.807) is 32.1 Å². The molecule has 0 atom stereocenters. The predicted octanol–water partition coefficient (Wildman–Crippen LogP) is 2.90. The summed E-state index contributed by atoms with van der Waals surface area (Å²) in [6.07, 6.45) is 5.99. The number of carbonyl (C=O) groups excluding carboxylic acids is 2. The van der Waals surface area contributed by atoms with Gasteiger partial charge in [-0.3, -0.25) is 0 Å². The number of ether oxygens (including phenoxy) is 2. The summed E-state index contributed by atoms with van der Waals surface area (Å²) in [4.78, 5) is 22.6. The lowest BCUT2D eigenvalue weighted by Gasteiger charge is -2.07. The van der Waals surface area contributed by atoms with Crippen molar-refractivity contribution in [2.24, 2.45) is 0 Å². The predicted molar refractivity (Wildman–Crippen MR) is 74.6 cm³/mol. The number of hydrogen-bond acceptors (Lipinski definition) is 4. The van der Waals surface area contributed by atoms with Crippen molar-refractivity contribution in [3.8, 4) is 0 Å². The fourth-order valence-electron chi connectivity index (χ4n) is 1.12. The first-order chi connectivity index (χ1) is 9.06. The highest BCUT2D eigenvalue weighted by atomic mass is 35.5. The van der Waals surface area contributed by atoms with Crippen molar-refractivity contribution >= 4 is 23.5 Å². The number of halogens is 1.